The van der Waals surface area contributed by atoms with Gasteiger partial charge in [-0.1, -0.05) is 6.07 Å². The smallest absolute Gasteiger partial charge is 0.223 e. The molecule has 1 N–H and O–H groups in total. The number of pyridine rings is 1. The van der Waals surface area contributed by atoms with Crippen molar-refractivity contribution in [3.05, 3.63) is 47.8 Å². The summed E-state index contributed by atoms with van der Waals surface area (Å²) in [6.07, 6.45) is 8.71. The molecule has 3 rings (SSSR count). The molecule has 1 amide bonds. The fourth-order valence-electron chi connectivity index (χ4n) is 2.89. The summed E-state index contributed by atoms with van der Waals surface area (Å²) in [5.41, 5.74) is 2.15. The third-order valence-corrected chi connectivity index (χ3v) is 3.96. The summed E-state index contributed by atoms with van der Waals surface area (Å²) < 4.78 is 0. The van der Waals surface area contributed by atoms with Gasteiger partial charge < -0.3 is 9.88 Å². The first-order valence-electron chi connectivity index (χ1n) is 7.44. The second kappa shape index (κ2) is 6.08. The number of aromatic amines is 1. The second-order valence-electron chi connectivity index (χ2n) is 5.56. The molecule has 1 aliphatic heterocycles. The van der Waals surface area contributed by atoms with Crippen LogP contribution in [-0.4, -0.2) is 32.3 Å². The van der Waals surface area contributed by atoms with E-state index in [2.05, 4.69) is 15.0 Å². The Balaban J connectivity index is 1.63. The average Bonchev–Trinajstić information content (AvgIpc) is 3.14. The molecule has 0 aromatic carbocycles. The highest BCUT2D eigenvalue weighted by atomic mass is 16.2. The predicted octanol–water partition coefficient (Wildman–Crippen LogP) is 2.41. The van der Waals surface area contributed by atoms with E-state index in [1.165, 1.54) is 0 Å². The summed E-state index contributed by atoms with van der Waals surface area (Å²) in [6.45, 7) is 2.82. The number of likely N-dealkylation sites (tertiary alicyclic amines) is 1. The summed E-state index contributed by atoms with van der Waals surface area (Å²) in [5, 5.41) is 0. The second-order valence-corrected chi connectivity index (χ2v) is 5.56. The van der Waals surface area contributed by atoms with Crippen molar-refractivity contribution in [2.45, 2.75) is 38.6 Å². The number of H-pyrrole nitrogens is 1. The van der Waals surface area contributed by atoms with Crippen molar-refractivity contribution in [2.24, 2.45) is 0 Å². The van der Waals surface area contributed by atoms with Gasteiger partial charge in [0.25, 0.3) is 0 Å². The minimum absolute atomic E-state index is 0.111. The Morgan fingerprint density at radius 3 is 3.10 bits per heavy atom. The first kappa shape index (κ1) is 13.8. The van der Waals surface area contributed by atoms with Crippen molar-refractivity contribution < 1.29 is 4.79 Å². The van der Waals surface area contributed by atoms with Crippen molar-refractivity contribution in [3.63, 3.8) is 0 Å². The zero-order chi connectivity index (χ0) is 14.7. The minimum atomic E-state index is 0.111. The van der Waals surface area contributed by atoms with Crippen molar-refractivity contribution in [1.82, 2.24) is 19.9 Å². The van der Waals surface area contributed by atoms with Gasteiger partial charge in [0.2, 0.25) is 5.91 Å². The van der Waals surface area contributed by atoms with E-state index in [0.717, 1.165) is 42.9 Å². The monoisotopic (exact) mass is 284 g/mol. The SMILES string of the molecule is Cc1cnc([C@H]2CCCN2C(=O)CCc2cccnc2)[nH]1. The Labute approximate surface area is 124 Å². The quantitative estimate of drug-likeness (QED) is 0.937. The van der Waals surface area contributed by atoms with E-state index < -0.39 is 0 Å². The van der Waals surface area contributed by atoms with E-state index in [9.17, 15) is 4.79 Å². The molecule has 2 aromatic heterocycles. The third-order valence-electron chi connectivity index (χ3n) is 3.96. The molecule has 5 heteroatoms. The number of aromatic nitrogens is 3. The summed E-state index contributed by atoms with van der Waals surface area (Å²) >= 11 is 0. The van der Waals surface area contributed by atoms with Crippen LogP contribution in [0.5, 0.6) is 0 Å². The number of carbonyl (C=O) groups excluding carboxylic acids is 1. The van der Waals surface area contributed by atoms with Gasteiger partial charge in [0.05, 0.1) is 6.04 Å². The molecule has 1 saturated heterocycles. The van der Waals surface area contributed by atoms with E-state index >= 15 is 0 Å². The fourth-order valence-corrected chi connectivity index (χ4v) is 2.89. The van der Waals surface area contributed by atoms with Crippen LogP contribution in [0.1, 0.15) is 42.4 Å². The standard InChI is InChI=1S/C16H20N4O/c1-12-10-18-16(19-12)14-5-3-9-20(14)15(21)7-6-13-4-2-8-17-11-13/h2,4,8,10-11,14H,3,5-7,9H2,1H3,(H,18,19)/t14-/m1/s1. The lowest BCUT2D eigenvalue weighted by atomic mass is 10.1. The summed E-state index contributed by atoms with van der Waals surface area (Å²) in [5.74, 6) is 1.12. The molecule has 0 radical (unpaired) electrons. The van der Waals surface area contributed by atoms with Gasteiger partial charge in [-0.2, -0.15) is 0 Å². The number of rotatable bonds is 4. The molecule has 1 aliphatic rings. The molecule has 3 heterocycles. The maximum absolute atomic E-state index is 12.5. The van der Waals surface area contributed by atoms with Crippen molar-refractivity contribution in [3.8, 4) is 0 Å². The normalized spacial score (nSPS) is 18.1. The maximum Gasteiger partial charge on any atom is 0.223 e. The van der Waals surface area contributed by atoms with E-state index in [0.29, 0.717) is 6.42 Å². The number of nitrogens with one attached hydrogen (secondary N) is 1. The van der Waals surface area contributed by atoms with Crippen LogP contribution < -0.4 is 0 Å². The molecule has 5 nitrogen and oxygen atoms in total. The van der Waals surface area contributed by atoms with Gasteiger partial charge in [0.15, 0.2) is 0 Å². The number of nitrogens with zero attached hydrogens (tertiary/aromatic N) is 3. The Morgan fingerprint density at radius 2 is 2.38 bits per heavy atom. The van der Waals surface area contributed by atoms with Crippen molar-refractivity contribution in [2.75, 3.05) is 6.54 Å². The molecular weight excluding hydrogens is 264 g/mol. The van der Waals surface area contributed by atoms with Crippen LogP contribution in [0, 0.1) is 6.92 Å². The molecule has 0 unspecified atom stereocenters. The molecule has 110 valence electrons. The van der Waals surface area contributed by atoms with E-state index in [1.807, 2.05) is 36.4 Å². The maximum atomic E-state index is 12.5. The van der Waals surface area contributed by atoms with Gasteiger partial charge in [-0.05, 0) is 37.8 Å². The number of imidazole rings is 1. The van der Waals surface area contributed by atoms with Crippen LogP contribution >= 0.6 is 0 Å². The van der Waals surface area contributed by atoms with Crippen molar-refractivity contribution >= 4 is 5.91 Å². The van der Waals surface area contributed by atoms with Gasteiger partial charge in [-0.3, -0.25) is 9.78 Å². The van der Waals surface area contributed by atoms with Crippen molar-refractivity contribution in [1.29, 1.82) is 0 Å². The lowest BCUT2D eigenvalue weighted by molar-refractivity contribution is -0.132. The van der Waals surface area contributed by atoms with Gasteiger partial charge in [0, 0.05) is 37.3 Å². The third kappa shape index (κ3) is 3.12. The largest absolute Gasteiger partial charge is 0.344 e. The Hall–Kier alpha value is -2.17. The Morgan fingerprint density at radius 1 is 1.48 bits per heavy atom. The average molecular weight is 284 g/mol. The topological polar surface area (TPSA) is 61.9 Å². The highest BCUT2D eigenvalue weighted by molar-refractivity contribution is 5.77. The number of carbonyl (C=O) groups is 1. The fraction of sp³-hybridized carbons (Fsp3) is 0.438. The summed E-state index contributed by atoms with van der Waals surface area (Å²) in [6, 6.07) is 4.03. The minimum Gasteiger partial charge on any atom is -0.344 e. The summed E-state index contributed by atoms with van der Waals surface area (Å²) in [4.78, 5) is 26.2. The molecule has 0 spiro atoms. The van der Waals surface area contributed by atoms with E-state index in [4.69, 9.17) is 0 Å². The predicted molar refractivity (Wildman–Crippen MR) is 79.6 cm³/mol. The van der Waals surface area contributed by atoms with Crippen LogP contribution in [0.15, 0.2) is 30.7 Å². The molecule has 2 aromatic rings. The van der Waals surface area contributed by atoms with Crippen LogP contribution in [-0.2, 0) is 11.2 Å². The van der Waals surface area contributed by atoms with Gasteiger partial charge in [0.1, 0.15) is 5.82 Å². The molecule has 0 aliphatic carbocycles. The number of aryl methyl sites for hydroxylation is 2. The highest BCUT2D eigenvalue weighted by Gasteiger charge is 2.31. The number of hydrogen-bond acceptors (Lipinski definition) is 3. The molecule has 0 bridgehead atoms. The van der Waals surface area contributed by atoms with Gasteiger partial charge in [-0.25, -0.2) is 4.98 Å². The van der Waals surface area contributed by atoms with Crippen LogP contribution in [0.25, 0.3) is 0 Å². The lowest BCUT2D eigenvalue weighted by Gasteiger charge is -2.23. The zero-order valence-electron chi connectivity index (χ0n) is 12.2. The number of hydrogen-bond donors (Lipinski definition) is 1. The van der Waals surface area contributed by atoms with E-state index in [1.54, 1.807) is 6.20 Å². The molecule has 1 atom stereocenters. The first-order chi connectivity index (χ1) is 10.2. The van der Waals surface area contributed by atoms with Crippen LogP contribution in [0.4, 0.5) is 0 Å². The first-order valence-corrected chi connectivity index (χ1v) is 7.44. The van der Waals surface area contributed by atoms with Crippen LogP contribution in [0.2, 0.25) is 0 Å². The molecule has 1 fully saturated rings. The molecule has 0 saturated carbocycles. The zero-order valence-corrected chi connectivity index (χ0v) is 12.2. The lowest BCUT2D eigenvalue weighted by Crippen LogP contribution is -2.31. The van der Waals surface area contributed by atoms with Crippen LogP contribution in [0.3, 0.4) is 0 Å². The highest BCUT2D eigenvalue weighted by Crippen LogP contribution is 2.30. The Kier molecular flexibility index (Phi) is 3.99. The molecule has 21 heavy (non-hydrogen) atoms. The van der Waals surface area contributed by atoms with E-state index in [-0.39, 0.29) is 11.9 Å². The Bertz CT molecular complexity index is 608. The van der Waals surface area contributed by atoms with Gasteiger partial charge >= 0.3 is 0 Å². The summed E-state index contributed by atoms with van der Waals surface area (Å²) in [7, 11) is 0. The van der Waals surface area contributed by atoms with Gasteiger partial charge in [-0.15, -0.1) is 0 Å². The molecular formula is C16H20N4O. The number of amides is 1.